The number of guanidine groups is 1. The van der Waals surface area contributed by atoms with Gasteiger partial charge in [-0.25, -0.2) is 4.98 Å². The van der Waals surface area contributed by atoms with Gasteiger partial charge in [0.1, 0.15) is 17.8 Å². The third kappa shape index (κ3) is 22.0. The second-order valence-corrected chi connectivity index (χ2v) is 7.69. The lowest BCUT2D eigenvalue weighted by atomic mass is 10.0. The summed E-state index contributed by atoms with van der Waals surface area (Å²) >= 11 is 0. The third-order valence-electron chi connectivity index (χ3n) is 4.02. The van der Waals surface area contributed by atoms with E-state index in [2.05, 4.69) is 22.2 Å². The maximum Gasteiger partial charge on any atom is 0.320 e. The maximum atomic E-state index is 10.8. The van der Waals surface area contributed by atoms with Crippen molar-refractivity contribution in [2.24, 2.45) is 28.1 Å². The molecule has 186 valence electrons. The van der Waals surface area contributed by atoms with Crippen LogP contribution in [-0.2, 0) is 9.59 Å². The maximum absolute atomic E-state index is 10.8. The largest absolute Gasteiger partial charge is 0.480 e. The number of unbranched alkanes of at least 4 members (excludes halogenated alkanes) is 2. The van der Waals surface area contributed by atoms with Crippen LogP contribution in [0.4, 0.5) is 0 Å². The van der Waals surface area contributed by atoms with Gasteiger partial charge in [-0.1, -0.05) is 33.6 Å². The fourth-order valence-corrected chi connectivity index (χ4v) is 2.32. The van der Waals surface area contributed by atoms with E-state index in [0.29, 0.717) is 31.7 Å². The number of carboxylic acids is 2. The highest BCUT2D eigenvalue weighted by Gasteiger charge is 2.17. The summed E-state index contributed by atoms with van der Waals surface area (Å²) in [5, 5.41) is 20.4. The Kier molecular flexibility index (Phi) is 20.0. The molecular formula is C21H42N6O5. The minimum Gasteiger partial charge on any atom is -0.480 e. The number of aryl methyl sites for hydroxylation is 1. The molecule has 0 bridgehead atoms. The Morgan fingerprint density at radius 3 is 2.22 bits per heavy atom. The smallest absolute Gasteiger partial charge is 0.320 e. The number of aliphatic imine (C=N–C) groups is 1. The van der Waals surface area contributed by atoms with Crippen molar-refractivity contribution >= 4 is 17.9 Å². The minimum absolute atomic E-state index is 0.0129. The fourth-order valence-electron chi connectivity index (χ4n) is 2.32. The van der Waals surface area contributed by atoms with Gasteiger partial charge in [0.2, 0.25) is 0 Å². The number of carboxylic acid groups (broad SMARTS) is 2. The topological polar surface area (TPSA) is 203 Å². The van der Waals surface area contributed by atoms with Crippen molar-refractivity contribution in [1.29, 1.82) is 0 Å². The van der Waals surface area contributed by atoms with E-state index in [1.54, 1.807) is 6.20 Å². The zero-order valence-corrected chi connectivity index (χ0v) is 19.8. The van der Waals surface area contributed by atoms with E-state index >= 15 is 0 Å². The highest BCUT2D eigenvalue weighted by Crippen LogP contribution is 2.05. The lowest BCUT2D eigenvalue weighted by Gasteiger charge is -2.16. The summed E-state index contributed by atoms with van der Waals surface area (Å²) in [6, 6.07) is -1.19. The molecule has 11 nitrogen and oxygen atoms in total. The Morgan fingerprint density at radius 2 is 1.84 bits per heavy atom. The van der Waals surface area contributed by atoms with Crippen LogP contribution in [0.25, 0.3) is 0 Å². The average Bonchev–Trinajstić information content (AvgIpc) is 3.18. The summed E-state index contributed by atoms with van der Waals surface area (Å²) in [4.78, 5) is 28.4. The van der Waals surface area contributed by atoms with Crippen LogP contribution >= 0.6 is 0 Å². The Balaban J connectivity index is 0. The number of aromatic nitrogens is 1. The van der Waals surface area contributed by atoms with Gasteiger partial charge in [0.05, 0.1) is 6.20 Å². The normalized spacial score (nSPS) is 11.9. The number of nitrogens with two attached hydrogens (primary N) is 3. The second-order valence-electron chi connectivity index (χ2n) is 7.69. The number of rotatable bonds is 13. The van der Waals surface area contributed by atoms with Crippen LogP contribution in [-0.4, -0.2) is 58.3 Å². The van der Waals surface area contributed by atoms with Gasteiger partial charge in [0.15, 0.2) is 12.4 Å². The number of hydrogen-bond acceptors (Lipinski definition) is 7. The molecule has 0 saturated heterocycles. The van der Waals surface area contributed by atoms with Crippen LogP contribution in [0, 0.1) is 12.8 Å². The number of oxazole rings is 1. The molecule has 1 aromatic heterocycles. The van der Waals surface area contributed by atoms with Crippen molar-refractivity contribution in [1.82, 2.24) is 10.3 Å². The van der Waals surface area contributed by atoms with Crippen molar-refractivity contribution in [2.45, 2.75) is 78.3 Å². The predicted octanol–water partition coefficient (Wildman–Crippen LogP) is 1.70. The summed E-state index contributed by atoms with van der Waals surface area (Å²) in [6.45, 7) is 9.32. The number of aliphatic carboxylic acids is 2. The molecule has 0 aromatic carbocycles. The fraction of sp³-hybridized carbons (Fsp3) is 0.714. The van der Waals surface area contributed by atoms with Gasteiger partial charge >= 0.3 is 11.9 Å². The first-order valence-corrected chi connectivity index (χ1v) is 10.9. The zero-order valence-electron chi connectivity index (χ0n) is 19.8. The van der Waals surface area contributed by atoms with E-state index in [4.69, 9.17) is 31.8 Å². The molecule has 1 heterocycles. The summed E-state index contributed by atoms with van der Waals surface area (Å²) in [5.41, 5.74) is 15.3. The number of nitrogens with one attached hydrogen (secondary N) is 1. The van der Waals surface area contributed by atoms with Crippen molar-refractivity contribution in [3.8, 4) is 0 Å². The number of nitrogens with zero attached hydrogens (tertiary/aromatic N) is 2. The summed E-state index contributed by atoms with van der Waals surface area (Å²) in [7, 11) is 0. The molecule has 0 aliphatic rings. The molecule has 0 aliphatic carbocycles. The Bertz CT molecular complexity index is 618. The van der Waals surface area contributed by atoms with E-state index in [-0.39, 0.29) is 12.0 Å². The van der Waals surface area contributed by atoms with E-state index in [1.165, 1.54) is 19.2 Å². The monoisotopic (exact) mass is 458 g/mol. The quantitative estimate of drug-likeness (QED) is 0.143. The summed E-state index contributed by atoms with van der Waals surface area (Å²) < 4.78 is 4.72. The Labute approximate surface area is 190 Å². The molecule has 0 radical (unpaired) electrons. The lowest BCUT2D eigenvalue weighted by Crippen LogP contribution is -2.38. The molecule has 32 heavy (non-hydrogen) atoms. The molecule has 0 amide bonds. The molecule has 0 aliphatic heterocycles. The van der Waals surface area contributed by atoms with E-state index in [1.807, 2.05) is 20.8 Å². The standard InChI is InChI=1S/C11H23NO2.C6H14N4O2.C4H5NO/c1-4-5-6-7-12-10(11(13)14)8-9(2)3;7-4(5(11)12)2-1-3-10-6(8)9;1-4-2-5-3-6-4/h9-10,12H,4-8H2,1-3H3,(H,13,14);4H,1-3,7H2,(H,11,12)(H4,8,9,10);2-3H,1H3/t10-;4-;/m00./s1. The molecule has 0 fully saturated rings. The van der Waals surface area contributed by atoms with Crippen molar-refractivity contribution in [3.05, 3.63) is 18.4 Å². The number of carbonyl (C=O) groups is 2. The van der Waals surface area contributed by atoms with Gasteiger partial charge in [0, 0.05) is 6.54 Å². The highest BCUT2D eigenvalue weighted by atomic mass is 16.4. The second kappa shape index (κ2) is 20.3. The third-order valence-corrected chi connectivity index (χ3v) is 4.02. The lowest BCUT2D eigenvalue weighted by molar-refractivity contribution is -0.140. The zero-order chi connectivity index (χ0) is 24.9. The first kappa shape index (κ1) is 31.5. The number of hydrogen-bond donors (Lipinski definition) is 6. The van der Waals surface area contributed by atoms with Crippen LogP contribution < -0.4 is 22.5 Å². The molecule has 11 heteroatoms. The Morgan fingerprint density at radius 1 is 1.19 bits per heavy atom. The molecule has 0 saturated carbocycles. The van der Waals surface area contributed by atoms with Gasteiger partial charge in [-0.2, -0.15) is 0 Å². The van der Waals surface area contributed by atoms with Gasteiger partial charge in [-0.05, 0) is 45.1 Å². The predicted molar refractivity (Wildman–Crippen MR) is 125 cm³/mol. The van der Waals surface area contributed by atoms with Gasteiger partial charge in [-0.15, -0.1) is 0 Å². The van der Waals surface area contributed by atoms with Crippen molar-refractivity contribution < 1.29 is 24.2 Å². The first-order valence-electron chi connectivity index (χ1n) is 10.9. The van der Waals surface area contributed by atoms with Crippen molar-refractivity contribution in [3.63, 3.8) is 0 Å². The van der Waals surface area contributed by atoms with Crippen LogP contribution in [0.2, 0.25) is 0 Å². The van der Waals surface area contributed by atoms with Gasteiger partial charge in [0.25, 0.3) is 0 Å². The molecule has 1 aromatic rings. The van der Waals surface area contributed by atoms with Crippen LogP contribution in [0.1, 0.15) is 65.1 Å². The molecule has 1 rings (SSSR count). The SMILES string of the molecule is CCCCCN[C@@H](CC(C)C)C(=O)O.Cc1cnco1.NC(N)=NCCC[C@H](N)C(=O)O. The molecular weight excluding hydrogens is 416 g/mol. The first-order chi connectivity index (χ1) is 15.0. The van der Waals surface area contributed by atoms with E-state index in [0.717, 1.165) is 18.7 Å². The van der Waals surface area contributed by atoms with E-state index < -0.39 is 18.0 Å². The minimum atomic E-state index is -1.00. The van der Waals surface area contributed by atoms with Crippen LogP contribution in [0.5, 0.6) is 0 Å². The highest BCUT2D eigenvalue weighted by molar-refractivity contribution is 5.75. The van der Waals surface area contributed by atoms with E-state index in [9.17, 15) is 9.59 Å². The summed E-state index contributed by atoms with van der Waals surface area (Å²) in [6.07, 6.45) is 8.15. The van der Waals surface area contributed by atoms with Gasteiger partial charge in [-0.3, -0.25) is 14.6 Å². The molecule has 0 spiro atoms. The van der Waals surface area contributed by atoms with Crippen LogP contribution in [0.15, 0.2) is 22.0 Å². The van der Waals surface area contributed by atoms with Crippen LogP contribution in [0.3, 0.4) is 0 Å². The van der Waals surface area contributed by atoms with Gasteiger partial charge < -0.3 is 37.1 Å². The molecule has 0 unspecified atom stereocenters. The Hall–Kier alpha value is -2.66. The van der Waals surface area contributed by atoms with Crippen molar-refractivity contribution in [2.75, 3.05) is 13.1 Å². The molecule has 9 N–H and O–H groups in total. The summed E-state index contributed by atoms with van der Waals surface area (Å²) in [5.74, 6) is -0.432. The average molecular weight is 459 g/mol. The molecule has 2 atom stereocenters.